The van der Waals surface area contributed by atoms with Gasteiger partial charge in [0.1, 0.15) is 47.5 Å². The summed E-state index contributed by atoms with van der Waals surface area (Å²) in [4.78, 5) is 26.2. The second-order valence-electron chi connectivity index (χ2n) is 22.9. The number of para-hydroxylation sites is 1. The van der Waals surface area contributed by atoms with E-state index in [1.165, 1.54) is 6.92 Å². The number of aromatic hydroxyl groups is 8. The first-order chi connectivity index (χ1) is 41.9. The molecule has 2 radical (unpaired) electrons. The first-order valence-corrected chi connectivity index (χ1v) is 29.0. The fourth-order valence-corrected chi connectivity index (χ4v) is 13.0. The summed E-state index contributed by atoms with van der Waals surface area (Å²) < 4.78 is 12.8. The van der Waals surface area contributed by atoms with Crippen LogP contribution in [0.2, 0.25) is 0 Å². The van der Waals surface area contributed by atoms with Gasteiger partial charge in [-0.25, -0.2) is 24.9 Å². The van der Waals surface area contributed by atoms with Crippen LogP contribution in [0.15, 0.2) is 182 Å². The van der Waals surface area contributed by atoms with Crippen LogP contribution in [0.3, 0.4) is 0 Å². The summed E-state index contributed by atoms with van der Waals surface area (Å²) in [7, 11) is 6.84. The highest BCUT2D eigenvalue weighted by atomic mass is 16.4. The summed E-state index contributed by atoms with van der Waals surface area (Å²) in [5.41, 5.74) is 4.15. The highest BCUT2D eigenvalue weighted by Gasteiger charge is 2.49. The van der Waals surface area contributed by atoms with E-state index < -0.39 is 68.3 Å². The maximum atomic E-state index is 12.1. The van der Waals surface area contributed by atoms with E-state index in [2.05, 4.69) is 24.3 Å². The molecule has 0 amide bonds. The molecule has 0 saturated heterocycles. The van der Waals surface area contributed by atoms with Crippen molar-refractivity contribution in [3.05, 3.63) is 208 Å². The van der Waals surface area contributed by atoms with Gasteiger partial charge in [0, 0.05) is 50.8 Å². The van der Waals surface area contributed by atoms with Crippen LogP contribution in [-0.2, 0) is 17.3 Å². The van der Waals surface area contributed by atoms with Gasteiger partial charge in [-0.15, -0.1) is 0 Å². The normalized spacial score (nSPS) is 19.6. The molecule has 3 aromatic heterocycles. The maximum absolute atomic E-state index is 12.1. The van der Waals surface area contributed by atoms with E-state index in [9.17, 15) is 40.9 Å². The van der Waals surface area contributed by atoms with Gasteiger partial charge in [0.15, 0.2) is 40.5 Å². The SMILES string of the molecule is [B]c1c(O)c(C)c(O)c(O)c1C(=NC(=C)C1(C)C2=C(C=CCC2)C=CC(c2nc(-c3ccc4c5c(oc4c3)CCC=C5)nc(-c3c(O)c(O)c(O)c(O)c3O)n2)(C2C=CC=CC2)c2ccccc21)N=C(c1ccc2c(c1)oc1ccccc12)C(C)CC. The first kappa shape index (κ1) is 55.8. The summed E-state index contributed by atoms with van der Waals surface area (Å²) in [6, 6.07) is 27.1. The number of phenols is 8. The number of allylic oxidation sites excluding steroid dienone is 11. The smallest absolute Gasteiger partial charge is 0.208 e. The predicted octanol–water partition coefficient (Wildman–Crippen LogP) is 13.9. The number of fused-ring (bicyclic) bond motifs is 7. The number of aromatic nitrogens is 3. The molecule has 0 fully saturated rings. The van der Waals surface area contributed by atoms with Gasteiger partial charge in [-0.2, -0.15) is 0 Å². The van der Waals surface area contributed by atoms with E-state index in [1.54, 1.807) is 0 Å². The van der Waals surface area contributed by atoms with Crippen molar-refractivity contribution in [1.29, 1.82) is 0 Å². The minimum atomic E-state index is -1.42. The topological polar surface area (TPSA) is 252 Å². The summed E-state index contributed by atoms with van der Waals surface area (Å²) in [6.45, 7) is 12.4. The lowest BCUT2D eigenvalue weighted by molar-refractivity contribution is 0.329. The van der Waals surface area contributed by atoms with Crippen LogP contribution >= 0.6 is 0 Å². The highest BCUT2D eigenvalue weighted by Crippen LogP contribution is 2.57. The Balaban J connectivity index is 1.08. The number of rotatable bonds is 10. The minimum Gasteiger partial charge on any atom is -0.508 e. The Morgan fingerprint density at radius 3 is 2.15 bits per heavy atom. The lowest BCUT2D eigenvalue weighted by Gasteiger charge is -2.45. The zero-order valence-corrected chi connectivity index (χ0v) is 48.2. The van der Waals surface area contributed by atoms with E-state index in [-0.39, 0.29) is 51.5 Å². The lowest BCUT2D eigenvalue weighted by atomic mass is 9.59. The number of benzene rings is 6. The summed E-state index contributed by atoms with van der Waals surface area (Å²) >= 11 is 0. The van der Waals surface area contributed by atoms with E-state index in [4.69, 9.17) is 48.2 Å². The van der Waals surface area contributed by atoms with E-state index in [0.717, 1.165) is 50.6 Å². The van der Waals surface area contributed by atoms with Crippen molar-refractivity contribution in [3.63, 3.8) is 0 Å². The number of phenolic OH excluding ortho intramolecular Hbond substituents is 8. The molecule has 15 nitrogen and oxygen atoms in total. The number of furan rings is 2. The molecule has 6 aromatic carbocycles. The third kappa shape index (κ3) is 8.83. The molecule has 4 aliphatic rings. The molecule has 0 bridgehead atoms. The molecule has 0 saturated carbocycles. The van der Waals surface area contributed by atoms with Gasteiger partial charge in [-0.05, 0) is 110 Å². The van der Waals surface area contributed by atoms with Crippen LogP contribution in [0.25, 0.3) is 61.8 Å². The molecule has 8 N–H and O–H groups in total. The minimum absolute atomic E-state index is 0.0421. The molecule has 9 aromatic rings. The monoisotopic (exact) mass is 1150 g/mol. The van der Waals surface area contributed by atoms with Crippen LogP contribution in [0, 0.1) is 18.8 Å². The largest absolute Gasteiger partial charge is 0.508 e. The van der Waals surface area contributed by atoms with Gasteiger partial charge in [0.25, 0.3) is 0 Å². The average Bonchev–Trinajstić information content (AvgIpc) is 1.51. The molecule has 16 heteroatoms. The van der Waals surface area contributed by atoms with Gasteiger partial charge in [0.05, 0.1) is 27.8 Å². The predicted molar refractivity (Wildman–Crippen MR) is 339 cm³/mol. The quantitative estimate of drug-likeness (QED) is 0.0209. The summed E-state index contributed by atoms with van der Waals surface area (Å²) in [5, 5.41) is 94.1. The van der Waals surface area contributed by atoms with Crippen molar-refractivity contribution in [2.24, 2.45) is 21.8 Å². The third-order valence-electron chi connectivity index (χ3n) is 18.0. The standard InChI is InChI=1S/C71H60BN5O10/c1-6-36(2)57(40-28-30-45-43-21-11-16-26-50(43)86-52(45)34-40)74-67(54-56(72)58(78)37(3)59(79)60(54)80)73-38(4)70(5)47-23-13-10-18-39(47)32-33-71(42-19-8-7-9-20-42,49-25-15-14-24-48(49)70)69-76-66(41-29-31-46-44-22-12-17-27-51(44)87-53(46)35-41)75-68(77-69)55-61(81)63(83)65(85)64(84)62(55)82/h7-12,14-16,18-19,21-22,24-26,28-36,42,78-85H,4,6,13,17,20,23,27H2,1-3,5H3. The summed E-state index contributed by atoms with van der Waals surface area (Å²) in [6.07, 6.45) is 24.2. The van der Waals surface area contributed by atoms with Gasteiger partial charge in [-0.1, -0.05) is 136 Å². The zero-order valence-electron chi connectivity index (χ0n) is 48.2. The number of aliphatic imine (C=N–C) groups is 2. The van der Waals surface area contributed by atoms with Crippen LogP contribution in [0.5, 0.6) is 46.0 Å². The average molecular weight is 1150 g/mol. The number of aryl methyl sites for hydroxylation is 1. The van der Waals surface area contributed by atoms with E-state index in [0.29, 0.717) is 71.2 Å². The maximum Gasteiger partial charge on any atom is 0.208 e. The fourth-order valence-electron chi connectivity index (χ4n) is 13.0. The molecule has 87 heavy (non-hydrogen) atoms. The van der Waals surface area contributed by atoms with Crippen molar-refractivity contribution in [2.45, 2.75) is 77.0 Å². The summed E-state index contributed by atoms with van der Waals surface area (Å²) in [5.74, 6) is -7.25. The van der Waals surface area contributed by atoms with Gasteiger partial charge in [0.2, 0.25) is 17.2 Å². The molecule has 0 spiro atoms. The third-order valence-corrected chi connectivity index (χ3v) is 18.0. The van der Waals surface area contributed by atoms with Crippen molar-refractivity contribution in [1.82, 2.24) is 15.0 Å². The molecule has 13 rings (SSSR count). The molecular formula is C71H60BN5O10. The Morgan fingerprint density at radius 2 is 1.38 bits per heavy atom. The van der Waals surface area contributed by atoms with Crippen molar-refractivity contribution < 1.29 is 49.7 Å². The Hall–Kier alpha value is -10.3. The highest BCUT2D eigenvalue weighted by molar-refractivity contribution is 6.40. The number of hydrogen-bond donors (Lipinski definition) is 8. The molecular weight excluding hydrogens is 1090 g/mol. The second kappa shape index (κ2) is 21.3. The molecule has 0 aliphatic heterocycles. The first-order valence-electron chi connectivity index (χ1n) is 29.0. The molecule has 3 heterocycles. The molecule has 4 aliphatic carbocycles. The van der Waals surface area contributed by atoms with E-state index >= 15 is 0 Å². The molecule has 432 valence electrons. The van der Waals surface area contributed by atoms with Gasteiger partial charge >= 0.3 is 0 Å². The molecule has 4 atom stereocenters. The number of hydrogen-bond acceptors (Lipinski definition) is 14. The van der Waals surface area contributed by atoms with Crippen LogP contribution in [0.1, 0.15) is 97.8 Å². The molecule has 4 unspecified atom stereocenters. The number of amidine groups is 1. The Kier molecular flexibility index (Phi) is 13.7. The second-order valence-corrected chi connectivity index (χ2v) is 22.9. The number of nitrogens with zero attached hydrogens (tertiary/aromatic N) is 5. The van der Waals surface area contributed by atoms with Crippen molar-refractivity contribution in [2.75, 3.05) is 0 Å². The van der Waals surface area contributed by atoms with Gasteiger partial charge in [-0.3, -0.25) is 0 Å². The van der Waals surface area contributed by atoms with Crippen LogP contribution in [0.4, 0.5) is 0 Å². The Bertz CT molecular complexity index is 4630. The van der Waals surface area contributed by atoms with Crippen LogP contribution in [-0.4, -0.2) is 75.2 Å². The Labute approximate surface area is 501 Å². The van der Waals surface area contributed by atoms with Gasteiger partial charge < -0.3 is 49.7 Å². The fraction of sp³-hybridized carbons (Fsp3) is 0.197. The van der Waals surface area contributed by atoms with E-state index in [1.807, 2.05) is 142 Å². The van der Waals surface area contributed by atoms with Crippen LogP contribution < -0.4 is 5.46 Å². The Morgan fingerprint density at radius 1 is 0.690 bits per heavy atom. The van der Waals surface area contributed by atoms with Crippen molar-refractivity contribution in [3.8, 4) is 68.8 Å². The van der Waals surface area contributed by atoms with Crippen molar-refractivity contribution >= 4 is 63.8 Å². The zero-order chi connectivity index (χ0) is 60.8. The lowest BCUT2D eigenvalue weighted by Crippen LogP contribution is -2.41.